The van der Waals surface area contributed by atoms with E-state index in [1.807, 2.05) is 59.7 Å². The highest BCUT2D eigenvalue weighted by Gasteiger charge is 2.37. The highest BCUT2D eigenvalue weighted by molar-refractivity contribution is 5.59. The Morgan fingerprint density at radius 1 is 0.275 bits per heavy atom. The number of hydrogen-bond donors (Lipinski definition) is 4. The number of hydrogen-bond acceptors (Lipinski definition) is 8. The van der Waals surface area contributed by atoms with Crippen LogP contribution >= 0.6 is 0 Å². The molecule has 0 saturated heterocycles. The van der Waals surface area contributed by atoms with Gasteiger partial charge in [-0.1, -0.05) is 140 Å². The lowest BCUT2D eigenvalue weighted by atomic mass is 9.85. The third-order valence-electron chi connectivity index (χ3n) is 25.6. The van der Waals surface area contributed by atoms with E-state index in [4.69, 9.17) is 18.9 Å². The summed E-state index contributed by atoms with van der Waals surface area (Å²) in [7, 11) is 0. The lowest BCUT2D eigenvalue weighted by Crippen LogP contribution is -2.37. The summed E-state index contributed by atoms with van der Waals surface area (Å²) in [4.78, 5) is 0. The van der Waals surface area contributed by atoms with Crippen molar-refractivity contribution in [2.24, 2.45) is 0 Å². The van der Waals surface area contributed by atoms with E-state index in [1.54, 1.807) is 6.07 Å². The van der Waals surface area contributed by atoms with Crippen molar-refractivity contribution in [3.63, 3.8) is 0 Å². The van der Waals surface area contributed by atoms with Crippen LogP contribution in [-0.2, 0) is 25.7 Å². The van der Waals surface area contributed by atoms with Crippen LogP contribution in [0.15, 0.2) is 164 Å². The van der Waals surface area contributed by atoms with Crippen LogP contribution in [-0.4, -0.2) is 42.8 Å². The van der Waals surface area contributed by atoms with Gasteiger partial charge in [-0.15, -0.1) is 0 Å². The van der Waals surface area contributed by atoms with E-state index >= 15 is 0 Å². The Morgan fingerprint density at radius 3 is 0.892 bits per heavy atom. The largest absolute Gasteiger partial charge is 0.508 e. The Kier molecular flexibility index (Phi) is 42.8. The van der Waals surface area contributed by atoms with Crippen LogP contribution in [0, 0.1) is 55.4 Å². The zero-order valence-electron chi connectivity index (χ0n) is 81.3. The Morgan fingerprint density at radius 2 is 0.542 bits per heavy atom. The second kappa shape index (κ2) is 50.1. The van der Waals surface area contributed by atoms with Crippen LogP contribution in [0.3, 0.4) is 0 Å². The van der Waals surface area contributed by atoms with Crippen molar-refractivity contribution in [2.45, 2.75) is 422 Å². The van der Waals surface area contributed by atoms with Gasteiger partial charge < -0.3 is 39.4 Å². The lowest BCUT2D eigenvalue weighted by Gasteiger charge is -2.38. The highest BCUT2D eigenvalue weighted by Crippen LogP contribution is 2.47. The summed E-state index contributed by atoms with van der Waals surface area (Å²) in [6.45, 7) is 60.4. The second-order valence-electron chi connectivity index (χ2n) is 38.8. The molecule has 120 heavy (non-hydrogen) atoms. The van der Waals surface area contributed by atoms with Gasteiger partial charge in [0.25, 0.3) is 0 Å². The first-order valence-corrected chi connectivity index (χ1v) is 46.3. The maximum atomic E-state index is 10.4. The Balaban J connectivity index is 0.000000285. The van der Waals surface area contributed by atoms with E-state index in [1.165, 1.54) is 104 Å². The van der Waals surface area contributed by atoms with Gasteiger partial charge in [-0.2, -0.15) is 0 Å². The molecule has 4 aromatic rings. The summed E-state index contributed by atoms with van der Waals surface area (Å²) in [6.07, 6.45) is 63.1. The van der Waals surface area contributed by atoms with Crippen LogP contribution in [0.4, 0.5) is 0 Å². The van der Waals surface area contributed by atoms with Crippen molar-refractivity contribution in [3.8, 4) is 46.0 Å². The molecule has 8 heteroatoms. The first-order valence-electron chi connectivity index (χ1n) is 46.3. The summed E-state index contributed by atoms with van der Waals surface area (Å²) < 4.78 is 25.9. The van der Waals surface area contributed by atoms with Crippen LogP contribution in [0.25, 0.3) is 0 Å². The molecule has 0 radical (unpaired) electrons. The normalized spacial score (nSPS) is 19.3. The summed E-state index contributed by atoms with van der Waals surface area (Å²) in [5.74, 6) is 5.52. The number of allylic oxidation sites excluding steroid dienone is 24. The molecule has 4 aliphatic heterocycles. The maximum Gasteiger partial charge on any atom is 0.127 e. The topological polar surface area (TPSA) is 118 Å². The molecule has 664 valence electrons. The molecule has 8 nitrogen and oxygen atoms in total. The highest BCUT2D eigenvalue weighted by atomic mass is 16.5. The zero-order valence-corrected chi connectivity index (χ0v) is 81.3. The summed E-state index contributed by atoms with van der Waals surface area (Å²) in [5.41, 5.74) is 29.7. The van der Waals surface area contributed by atoms with E-state index in [0.717, 1.165) is 258 Å². The van der Waals surface area contributed by atoms with Gasteiger partial charge in [0.1, 0.15) is 68.4 Å². The fraction of sp³-hybridized carbons (Fsp3) is 0.571. The number of aromatic hydroxyl groups is 4. The van der Waals surface area contributed by atoms with Crippen molar-refractivity contribution in [2.75, 3.05) is 0 Å². The second-order valence-corrected chi connectivity index (χ2v) is 38.8. The molecule has 0 spiro atoms. The smallest absolute Gasteiger partial charge is 0.127 e. The van der Waals surface area contributed by atoms with Gasteiger partial charge in [0.2, 0.25) is 0 Å². The fourth-order valence-corrected chi connectivity index (χ4v) is 16.7. The van der Waals surface area contributed by atoms with Crippen molar-refractivity contribution >= 4 is 0 Å². The number of aryl methyl sites for hydroxylation is 4. The van der Waals surface area contributed by atoms with Crippen LogP contribution in [0.5, 0.6) is 46.0 Å². The number of ether oxygens (including phenoxy) is 4. The van der Waals surface area contributed by atoms with E-state index in [9.17, 15) is 20.4 Å². The van der Waals surface area contributed by atoms with Crippen molar-refractivity contribution in [1.29, 1.82) is 0 Å². The summed E-state index contributed by atoms with van der Waals surface area (Å²) in [6, 6.07) is 7.36. The van der Waals surface area contributed by atoms with Gasteiger partial charge in [-0.25, -0.2) is 0 Å². The monoisotopic (exact) mass is 1640 g/mol. The van der Waals surface area contributed by atoms with Gasteiger partial charge in [0.05, 0.1) is 0 Å². The number of fused-ring (bicyclic) bond motifs is 4. The van der Waals surface area contributed by atoms with Crippen LogP contribution in [0.1, 0.15) is 385 Å². The zero-order chi connectivity index (χ0) is 89.2. The van der Waals surface area contributed by atoms with E-state index in [0.29, 0.717) is 23.0 Å². The number of rotatable bonds is 36. The summed E-state index contributed by atoms with van der Waals surface area (Å²) in [5, 5.41) is 40.4. The molecule has 4 aromatic carbocycles. The predicted octanol–water partition coefficient (Wildman–Crippen LogP) is 33.2. The third kappa shape index (κ3) is 35.5. The first-order chi connectivity index (χ1) is 56.4. The standard InChI is InChI=1S/C29H44O2.2C28H42O2.C27H40O2/c1-20(2)12-9-13-21(3)14-10-15-22(4)16-11-18-29(8)19-17-26-25(7)27(30)23(5)24(6)28(26)31-29;1-20(2)11-8-12-21(3)13-9-14-22(4)15-10-17-28(7)18-16-25-19-26(29)23(5)24(6)27(25)30-28;1-20(2)11-8-12-21(3)13-9-14-22(4)15-10-17-28(7)18-16-25-24(6)26(29)19-23(5)27(25)30-28;1-20(2)10-7-11-21(3)12-8-13-22(4)14-9-16-27(6)17-15-24-19-25(28)18-23(5)26(24)29-27/h12,14,16,30H,9-11,13,15,17-19H2,1-8H3;2*11,13,15,19,29H,8-10,12,14,16-18H2,1-7H3;10,12,14,18-19,28H,7-9,11,13,15-17H2,1-6H3/b21-14+,22-16+;2*21-13+,22-15+;21-12+,22-14+. The molecule has 0 fully saturated rings. The minimum absolute atomic E-state index is 0.118. The van der Waals surface area contributed by atoms with Crippen molar-refractivity contribution in [1.82, 2.24) is 0 Å². The molecule has 4 heterocycles. The average molecular weight is 1640 g/mol. The van der Waals surface area contributed by atoms with Crippen molar-refractivity contribution in [3.05, 3.63) is 231 Å². The third-order valence-corrected chi connectivity index (χ3v) is 25.6. The molecular weight excluding hydrogens is 1470 g/mol. The molecule has 0 saturated carbocycles. The molecule has 4 unspecified atom stereocenters. The van der Waals surface area contributed by atoms with Gasteiger partial charge in [0, 0.05) is 11.1 Å². The Labute approximate surface area is 733 Å². The SMILES string of the molecule is CC(C)=CCC/C(C)=C/CC/C(C)=C/CCC1(C)CCc2c(C)c(O)c(C)c(C)c2O1.CC(C)=CCC/C(C)=C/CC/C(C)=C/CCC1(C)CCc2c(C)c(O)cc(C)c2O1.CC(C)=CCC/C(C)=C/CC/C(C)=C/CCC1(C)CCc2cc(O)c(C)c(C)c2O1.CC(C)=CCC/C(C)=C/CC/C(C)=C/CCC1(C)CCc2cc(O)cc(C)c2O1. The average Bonchev–Trinajstić information content (AvgIpc) is 0.754. The molecule has 4 atom stereocenters. The van der Waals surface area contributed by atoms with E-state index in [-0.39, 0.29) is 22.4 Å². The maximum absolute atomic E-state index is 10.4. The molecule has 0 bridgehead atoms. The molecule has 0 aromatic heterocycles. The first kappa shape index (κ1) is 103. The molecule has 4 N–H and O–H groups in total. The number of benzene rings is 4. The van der Waals surface area contributed by atoms with E-state index < -0.39 is 0 Å². The number of phenols is 4. The minimum atomic E-state index is -0.133. The van der Waals surface area contributed by atoms with Gasteiger partial charge in [-0.3, -0.25) is 0 Å². The molecule has 4 aliphatic rings. The van der Waals surface area contributed by atoms with E-state index in [2.05, 4.69) is 225 Å². The minimum Gasteiger partial charge on any atom is -0.508 e. The lowest BCUT2D eigenvalue weighted by molar-refractivity contribution is 0.0556. The van der Waals surface area contributed by atoms with Gasteiger partial charge in [-0.05, 0) is 479 Å². The molecule has 8 rings (SSSR count). The van der Waals surface area contributed by atoms with Gasteiger partial charge >= 0.3 is 0 Å². The molecule has 0 aliphatic carbocycles. The Hall–Kier alpha value is -7.84. The van der Waals surface area contributed by atoms with Crippen molar-refractivity contribution < 1.29 is 39.4 Å². The molecular formula is C112H168O8. The number of phenolic OH excluding ortho intramolecular Hbond substituents is 4. The van der Waals surface area contributed by atoms with Crippen LogP contribution in [0.2, 0.25) is 0 Å². The predicted molar refractivity (Wildman–Crippen MR) is 518 cm³/mol. The Bertz CT molecular complexity index is 4330. The fourth-order valence-electron chi connectivity index (χ4n) is 16.7. The quantitative estimate of drug-likeness (QED) is 0.0333. The van der Waals surface area contributed by atoms with Crippen LogP contribution < -0.4 is 18.9 Å². The van der Waals surface area contributed by atoms with Gasteiger partial charge in [0.15, 0.2) is 0 Å². The summed E-state index contributed by atoms with van der Waals surface area (Å²) >= 11 is 0. The molecule has 0 amide bonds.